The van der Waals surface area contributed by atoms with Crippen molar-refractivity contribution < 1.29 is 14.7 Å². The summed E-state index contributed by atoms with van der Waals surface area (Å²) in [6.45, 7) is 3.94. The number of carbonyl (C=O) groups excluding carboxylic acids is 1. The van der Waals surface area contributed by atoms with Crippen LogP contribution in [-0.2, 0) is 4.79 Å². The van der Waals surface area contributed by atoms with Gasteiger partial charge in [0.2, 0.25) is 0 Å². The number of likely N-dealkylation sites (tertiary alicyclic amines) is 1. The van der Waals surface area contributed by atoms with Crippen molar-refractivity contribution >= 4 is 12.0 Å². The van der Waals surface area contributed by atoms with E-state index in [2.05, 4.69) is 12.2 Å². The van der Waals surface area contributed by atoms with Crippen molar-refractivity contribution in [2.75, 3.05) is 13.1 Å². The van der Waals surface area contributed by atoms with Crippen molar-refractivity contribution in [3.63, 3.8) is 0 Å². The maximum Gasteiger partial charge on any atom is 0.317 e. The summed E-state index contributed by atoms with van der Waals surface area (Å²) in [5.41, 5.74) is 0. The van der Waals surface area contributed by atoms with Gasteiger partial charge in [-0.25, -0.2) is 4.79 Å². The molecule has 1 saturated heterocycles. The Morgan fingerprint density at radius 2 is 1.75 bits per heavy atom. The molecule has 1 heterocycles. The first-order valence-corrected chi connectivity index (χ1v) is 7.84. The second-order valence-electron chi connectivity index (χ2n) is 6.36. The third-order valence-corrected chi connectivity index (χ3v) is 4.71. The van der Waals surface area contributed by atoms with Crippen molar-refractivity contribution in [1.82, 2.24) is 10.2 Å². The van der Waals surface area contributed by atoms with Crippen LogP contribution in [0.25, 0.3) is 0 Å². The van der Waals surface area contributed by atoms with Crippen LogP contribution < -0.4 is 5.32 Å². The molecule has 1 aliphatic heterocycles. The Bertz CT molecular complexity index is 351. The van der Waals surface area contributed by atoms with Crippen LogP contribution in [0, 0.1) is 11.8 Å². The van der Waals surface area contributed by atoms with Gasteiger partial charge in [0.15, 0.2) is 0 Å². The number of amides is 2. The highest BCUT2D eigenvalue weighted by molar-refractivity contribution is 5.74. The fraction of sp³-hybridized carbons (Fsp3) is 0.867. The molecular weight excluding hydrogens is 256 g/mol. The smallest absolute Gasteiger partial charge is 0.317 e. The number of aliphatic carboxylic acids is 1. The number of rotatable bonds is 2. The van der Waals surface area contributed by atoms with Gasteiger partial charge < -0.3 is 15.3 Å². The molecule has 114 valence electrons. The molecule has 0 aromatic carbocycles. The average Bonchev–Trinajstić information content (AvgIpc) is 2.64. The molecular formula is C15H26N2O3. The molecule has 0 aromatic heterocycles. The van der Waals surface area contributed by atoms with Crippen LogP contribution in [0.15, 0.2) is 0 Å². The molecule has 1 atom stereocenters. The number of hydrogen-bond donors (Lipinski definition) is 2. The first-order chi connectivity index (χ1) is 9.56. The standard InChI is InChI=1S/C15H26N2O3/c1-11-3-2-9-17(10-8-11)15(20)16-13-6-4-12(5-7-13)14(18)19/h11-13H,2-10H2,1H3,(H,16,20)(H,18,19). The minimum atomic E-state index is -0.698. The number of carboxylic acid groups (broad SMARTS) is 1. The highest BCUT2D eigenvalue weighted by Crippen LogP contribution is 2.24. The van der Waals surface area contributed by atoms with E-state index in [1.165, 1.54) is 6.42 Å². The van der Waals surface area contributed by atoms with E-state index in [0.29, 0.717) is 18.8 Å². The Morgan fingerprint density at radius 3 is 2.40 bits per heavy atom. The van der Waals surface area contributed by atoms with Crippen LogP contribution in [-0.4, -0.2) is 41.1 Å². The molecule has 1 unspecified atom stereocenters. The maximum absolute atomic E-state index is 12.2. The van der Waals surface area contributed by atoms with Crippen LogP contribution in [0.1, 0.15) is 51.9 Å². The second kappa shape index (κ2) is 6.95. The van der Waals surface area contributed by atoms with Crippen molar-refractivity contribution in [2.45, 2.75) is 57.9 Å². The molecule has 5 nitrogen and oxygen atoms in total. The van der Waals surface area contributed by atoms with Gasteiger partial charge in [-0.15, -0.1) is 0 Å². The highest BCUT2D eigenvalue weighted by Gasteiger charge is 2.28. The molecule has 2 fully saturated rings. The number of nitrogens with one attached hydrogen (secondary N) is 1. The minimum Gasteiger partial charge on any atom is -0.481 e. The predicted octanol–water partition coefficient (Wildman–Crippen LogP) is 2.46. The van der Waals surface area contributed by atoms with E-state index in [4.69, 9.17) is 5.11 Å². The quantitative estimate of drug-likeness (QED) is 0.817. The van der Waals surface area contributed by atoms with Crippen molar-refractivity contribution in [3.8, 4) is 0 Å². The first kappa shape index (κ1) is 15.1. The maximum atomic E-state index is 12.2. The van der Waals surface area contributed by atoms with Gasteiger partial charge in [-0.3, -0.25) is 4.79 Å². The number of hydrogen-bond acceptors (Lipinski definition) is 2. The molecule has 20 heavy (non-hydrogen) atoms. The van der Waals surface area contributed by atoms with Gasteiger partial charge in [0.1, 0.15) is 0 Å². The van der Waals surface area contributed by atoms with E-state index in [1.807, 2.05) is 4.90 Å². The lowest BCUT2D eigenvalue weighted by Crippen LogP contribution is -2.46. The normalized spacial score (nSPS) is 31.4. The van der Waals surface area contributed by atoms with Gasteiger partial charge in [0, 0.05) is 19.1 Å². The van der Waals surface area contributed by atoms with Crippen molar-refractivity contribution in [1.29, 1.82) is 0 Å². The summed E-state index contributed by atoms with van der Waals surface area (Å²) < 4.78 is 0. The second-order valence-corrected chi connectivity index (χ2v) is 6.36. The molecule has 0 bridgehead atoms. The molecule has 5 heteroatoms. The Labute approximate surface area is 120 Å². The topological polar surface area (TPSA) is 69.6 Å². The summed E-state index contributed by atoms with van der Waals surface area (Å²) in [6, 6.07) is 0.191. The fourth-order valence-corrected chi connectivity index (χ4v) is 3.22. The van der Waals surface area contributed by atoms with Gasteiger partial charge in [0.05, 0.1) is 5.92 Å². The molecule has 0 spiro atoms. The Hall–Kier alpha value is -1.26. The zero-order chi connectivity index (χ0) is 14.5. The van der Waals surface area contributed by atoms with Gasteiger partial charge in [0.25, 0.3) is 0 Å². The zero-order valence-electron chi connectivity index (χ0n) is 12.3. The number of carboxylic acids is 1. The lowest BCUT2D eigenvalue weighted by atomic mass is 9.86. The molecule has 1 aliphatic carbocycles. The Balaban J connectivity index is 1.76. The van der Waals surface area contributed by atoms with E-state index in [-0.39, 0.29) is 18.0 Å². The summed E-state index contributed by atoms with van der Waals surface area (Å²) in [7, 11) is 0. The van der Waals surface area contributed by atoms with Crippen LogP contribution in [0.2, 0.25) is 0 Å². The molecule has 2 aliphatic rings. The zero-order valence-corrected chi connectivity index (χ0v) is 12.3. The van der Waals surface area contributed by atoms with E-state index in [9.17, 15) is 9.59 Å². The van der Waals surface area contributed by atoms with Gasteiger partial charge in [-0.1, -0.05) is 6.92 Å². The molecule has 1 saturated carbocycles. The first-order valence-electron chi connectivity index (χ1n) is 7.84. The van der Waals surface area contributed by atoms with Crippen LogP contribution in [0.3, 0.4) is 0 Å². The predicted molar refractivity (Wildman–Crippen MR) is 76.5 cm³/mol. The van der Waals surface area contributed by atoms with Gasteiger partial charge >= 0.3 is 12.0 Å². The summed E-state index contributed by atoms with van der Waals surface area (Å²) in [5, 5.41) is 12.1. The van der Waals surface area contributed by atoms with Crippen molar-refractivity contribution in [2.24, 2.45) is 11.8 Å². The van der Waals surface area contributed by atoms with Crippen LogP contribution in [0.4, 0.5) is 4.79 Å². The minimum absolute atomic E-state index is 0.0397. The summed E-state index contributed by atoms with van der Waals surface area (Å²) in [4.78, 5) is 25.1. The molecule has 2 rings (SSSR count). The van der Waals surface area contributed by atoms with Crippen molar-refractivity contribution in [3.05, 3.63) is 0 Å². The molecule has 2 N–H and O–H groups in total. The summed E-state index contributed by atoms with van der Waals surface area (Å²) in [5.74, 6) is -0.211. The molecule has 0 radical (unpaired) electrons. The number of urea groups is 1. The number of nitrogens with zero attached hydrogens (tertiary/aromatic N) is 1. The Morgan fingerprint density at radius 1 is 1.05 bits per heavy atom. The SMILES string of the molecule is CC1CCCN(C(=O)NC2CCC(C(=O)O)CC2)CC1. The van der Waals surface area contributed by atoms with Crippen LogP contribution in [0.5, 0.6) is 0 Å². The van der Waals surface area contributed by atoms with E-state index < -0.39 is 5.97 Å². The molecule has 0 aromatic rings. The van der Waals surface area contributed by atoms with E-state index in [1.54, 1.807) is 0 Å². The lowest BCUT2D eigenvalue weighted by Gasteiger charge is -2.29. The third-order valence-electron chi connectivity index (χ3n) is 4.71. The van der Waals surface area contributed by atoms with Gasteiger partial charge in [-0.2, -0.15) is 0 Å². The number of carbonyl (C=O) groups is 2. The summed E-state index contributed by atoms with van der Waals surface area (Å²) in [6.07, 6.45) is 6.29. The lowest BCUT2D eigenvalue weighted by molar-refractivity contribution is -0.142. The third kappa shape index (κ3) is 4.12. The highest BCUT2D eigenvalue weighted by atomic mass is 16.4. The van der Waals surface area contributed by atoms with E-state index >= 15 is 0 Å². The van der Waals surface area contributed by atoms with E-state index in [0.717, 1.165) is 38.8 Å². The largest absolute Gasteiger partial charge is 0.481 e. The van der Waals surface area contributed by atoms with Gasteiger partial charge in [-0.05, 0) is 50.9 Å². The average molecular weight is 282 g/mol. The monoisotopic (exact) mass is 282 g/mol. The fourth-order valence-electron chi connectivity index (χ4n) is 3.22. The summed E-state index contributed by atoms with van der Waals surface area (Å²) >= 11 is 0. The molecule has 2 amide bonds. The van der Waals surface area contributed by atoms with Crippen LogP contribution >= 0.6 is 0 Å². The Kier molecular flexibility index (Phi) is 5.26.